The van der Waals surface area contributed by atoms with Crippen LogP contribution in [0.5, 0.6) is 5.75 Å². The lowest BCUT2D eigenvalue weighted by molar-refractivity contribution is -0.124. The van der Waals surface area contributed by atoms with Gasteiger partial charge in [-0.2, -0.15) is 0 Å². The molecule has 1 fully saturated rings. The maximum Gasteiger partial charge on any atom is 0.289 e. The number of rotatable bonds is 6. The number of tetrazole rings is 1. The largest absolute Gasteiger partial charge is 0.484 e. The first kappa shape index (κ1) is 18.7. The molecule has 0 spiro atoms. The number of hydrogen-bond donors (Lipinski definition) is 1. The summed E-state index contributed by atoms with van der Waals surface area (Å²) in [5, 5.41) is 13.9. The van der Waals surface area contributed by atoms with Crippen molar-refractivity contribution in [1.29, 1.82) is 0 Å². The van der Waals surface area contributed by atoms with Crippen LogP contribution in [-0.4, -0.2) is 62.7 Å². The van der Waals surface area contributed by atoms with Crippen molar-refractivity contribution in [3.8, 4) is 11.4 Å². The van der Waals surface area contributed by atoms with Crippen LogP contribution in [0.25, 0.3) is 5.69 Å². The van der Waals surface area contributed by atoms with Crippen molar-refractivity contribution in [1.82, 2.24) is 30.4 Å². The third-order valence-corrected chi connectivity index (χ3v) is 4.61. The first-order chi connectivity index (χ1) is 14.2. The Kier molecular flexibility index (Phi) is 5.50. The highest BCUT2D eigenvalue weighted by atomic mass is 16.5. The van der Waals surface area contributed by atoms with E-state index in [9.17, 15) is 9.59 Å². The summed E-state index contributed by atoms with van der Waals surface area (Å²) < 4.78 is 12.3. The van der Waals surface area contributed by atoms with Gasteiger partial charge in [0.2, 0.25) is 0 Å². The zero-order valence-electron chi connectivity index (χ0n) is 15.6. The average Bonchev–Trinajstić information content (AvgIpc) is 3.46. The van der Waals surface area contributed by atoms with E-state index >= 15 is 0 Å². The van der Waals surface area contributed by atoms with E-state index in [-0.39, 0.29) is 24.5 Å². The molecule has 1 unspecified atom stereocenters. The molecule has 150 valence electrons. The summed E-state index contributed by atoms with van der Waals surface area (Å²) in [6.07, 6.45) is 4.57. The van der Waals surface area contributed by atoms with Crippen LogP contribution < -0.4 is 10.1 Å². The third kappa shape index (κ3) is 4.60. The van der Waals surface area contributed by atoms with E-state index in [4.69, 9.17) is 9.15 Å². The van der Waals surface area contributed by atoms with E-state index < -0.39 is 0 Å². The third-order valence-electron chi connectivity index (χ3n) is 4.61. The van der Waals surface area contributed by atoms with Crippen molar-refractivity contribution < 1.29 is 18.7 Å². The van der Waals surface area contributed by atoms with E-state index in [0.29, 0.717) is 24.6 Å². The Labute approximate surface area is 166 Å². The maximum absolute atomic E-state index is 12.4. The van der Waals surface area contributed by atoms with Gasteiger partial charge < -0.3 is 19.4 Å². The quantitative estimate of drug-likeness (QED) is 0.662. The Bertz CT molecular complexity index is 957. The molecule has 2 amide bonds. The summed E-state index contributed by atoms with van der Waals surface area (Å²) in [4.78, 5) is 26.4. The van der Waals surface area contributed by atoms with Crippen LogP contribution in [0.1, 0.15) is 23.4 Å². The van der Waals surface area contributed by atoms with Crippen LogP contribution in [0.3, 0.4) is 0 Å². The second kappa shape index (κ2) is 8.55. The average molecular weight is 396 g/mol. The standard InChI is InChI=1S/C19H20N6O4/c26-18(12-29-16-6-1-5-15(10-16)25-13-20-22-23-25)21-14-4-2-8-24(11-14)19(27)17-7-3-9-28-17/h1,3,5-7,9-10,13-14H,2,4,8,11-12H2,(H,21,26). The Morgan fingerprint density at radius 1 is 1.28 bits per heavy atom. The highest BCUT2D eigenvalue weighted by Gasteiger charge is 2.26. The number of aromatic nitrogens is 4. The number of likely N-dealkylation sites (tertiary alicyclic amines) is 1. The maximum atomic E-state index is 12.4. The lowest BCUT2D eigenvalue weighted by Crippen LogP contribution is -2.50. The van der Waals surface area contributed by atoms with Gasteiger partial charge in [-0.15, -0.1) is 5.10 Å². The zero-order chi connectivity index (χ0) is 20.1. The monoisotopic (exact) mass is 396 g/mol. The molecule has 1 saturated heterocycles. The molecule has 0 aliphatic carbocycles. The Hall–Kier alpha value is -3.69. The molecule has 3 aromatic rings. The first-order valence-electron chi connectivity index (χ1n) is 9.27. The van der Waals surface area contributed by atoms with Crippen LogP contribution in [0, 0.1) is 0 Å². The summed E-state index contributed by atoms with van der Waals surface area (Å²) in [7, 11) is 0. The summed E-state index contributed by atoms with van der Waals surface area (Å²) in [6, 6.07) is 10.3. The van der Waals surface area contributed by atoms with Crippen molar-refractivity contribution in [3.05, 3.63) is 54.7 Å². The SMILES string of the molecule is O=C(COc1cccc(-n2cnnn2)c1)NC1CCCN(C(=O)c2ccco2)C1. The van der Waals surface area contributed by atoms with E-state index in [1.165, 1.54) is 17.3 Å². The molecule has 2 aromatic heterocycles. The Morgan fingerprint density at radius 3 is 3.00 bits per heavy atom. The van der Waals surface area contributed by atoms with Gasteiger partial charge in [0.1, 0.15) is 12.1 Å². The van der Waals surface area contributed by atoms with Crippen LogP contribution in [-0.2, 0) is 4.79 Å². The summed E-state index contributed by atoms with van der Waals surface area (Å²) in [6.45, 7) is 0.966. The van der Waals surface area contributed by atoms with E-state index in [1.54, 1.807) is 35.2 Å². The van der Waals surface area contributed by atoms with Crippen LogP contribution in [0.2, 0.25) is 0 Å². The Balaban J connectivity index is 1.28. The van der Waals surface area contributed by atoms with Gasteiger partial charge in [0.25, 0.3) is 11.8 Å². The molecule has 10 heteroatoms. The predicted octanol–water partition coefficient (Wildman–Crippen LogP) is 1.06. The van der Waals surface area contributed by atoms with Gasteiger partial charge in [0.15, 0.2) is 12.4 Å². The molecular weight excluding hydrogens is 376 g/mol. The zero-order valence-corrected chi connectivity index (χ0v) is 15.6. The molecule has 4 rings (SSSR count). The van der Waals surface area contributed by atoms with Gasteiger partial charge in [0, 0.05) is 25.2 Å². The number of furan rings is 1. The lowest BCUT2D eigenvalue weighted by atomic mass is 10.1. The van der Waals surface area contributed by atoms with Crippen molar-refractivity contribution in [2.24, 2.45) is 0 Å². The number of benzene rings is 1. The number of amides is 2. The summed E-state index contributed by atoms with van der Waals surface area (Å²) in [5.74, 6) is 0.439. The second-order valence-electron chi connectivity index (χ2n) is 6.68. The summed E-state index contributed by atoms with van der Waals surface area (Å²) >= 11 is 0. The minimum absolute atomic E-state index is 0.119. The highest BCUT2D eigenvalue weighted by Crippen LogP contribution is 2.16. The minimum Gasteiger partial charge on any atom is -0.484 e. The number of hydrogen-bond acceptors (Lipinski definition) is 7. The molecule has 1 atom stereocenters. The minimum atomic E-state index is -0.241. The molecule has 3 heterocycles. The number of piperidine rings is 1. The van der Waals surface area contributed by atoms with Crippen LogP contribution in [0.4, 0.5) is 0 Å². The normalized spacial score (nSPS) is 16.4. The lowest BCUT2D eigenvalue weighted by Gasteiger charge is -2.32. The number of nitrogens with one attached hydrogen (secondary N) is 1. The van der Waals surface area contributed by atoms with Crippen molar-refractivity contribution in [3.63, 3.8) is 0 Å². The first-order valence-corrected chi connectivity index (χ1v) is 9.27. The molecule has 1 N–H and O–H groups in total. The number of carbonyl (C=O) groups is 2. The smallest absolute Gasteiger partial charge is 0.289 e. The van der Waals surface area contributed by atoms with Crippen molar-refractivity contribution in [2.45, 2.75) is 18.9 Å². The fraction of sp³-hybridized carbons (Fsp3) is 0.316. The molecular formula is C19H20N6O4. The fourth-order valence-corrected chi connectivity index (χ4v) is 3.25. The van der Waals surface area contributed by atoms with Gasteiger partial charge in [-0.3, -0.25) is 9.59 Å². The molecule has 10 nitrogen and oxygen atoms in total. The van der Waals surface area contributed by atoms with Gasteiger partial charge in [-0.05, 0) is 47.5 Å². The molecule has 0 radical (unpaired) electrons. The Morgan fingerprint density at radius 2 is 2.21 bits per heavy atom. The van der Waals surface area contributed by atoms with Gasteiger partial charge in [-0.1, -0.05) is 6.07 Å². The van der Waals surface area contributed by atoms with Gasteiger partial charge in [-0.25, -0.2) is 4.68 Å². The van der Waals surface area contributed by atoms with Crippen molar-refractivity contribution >= 4 is 11.8 Å². The molecule has 1 aliphatic heterocycles. The fourth-order valence-electron chi connectivity index (χ4n) is 3.25. The number of carbonyl (C=O) groups excluding carboxylic acids is 2. The molecule has 0 saturated carbocycles. The van der Waals surface area contributed by atoms with E-state index in [1.807, 2.05) is 6.07 Å². The van der Waals surface area contributed by atoms with Crippen LogP contribution >= 0.6 is 0 Å². The number of nitrogens with zero attached hydrogens (tertiary/aromatic N) is 5. The topological polar surface area (TPSA) is 115 Å². The molecule has 1 aromatic carbocycles. The molecule has 1 aliphatic rings. The second-order valence-corrected chi connectivity index (χ2v) is 6.68. The van der Waals surface area contributed by atoms with Gasteiger partial charge in [0.05, 0.1) is 12.0 Å². The molecule has 29 heavy (non-hydrogen) atoms. The van der Waals surface area contributed by atoms with E-state index in [0.717, 1.165) is 18.5 Å². The van der Waals surface area contributed by atoms with E-state index in [2.05, 4.69) is 20.8 Å². The van der Waals surface area contributed by atoms with Gasteiger partial charge >= 0.3 is 0 Å². The van der Waals surface area contributed by atoms with Crippen LogP contribution in [0.15, 0.2) is 53.4 Å². The predicted molar refractivity (Wildman–Crippen MR) is 100 cm³/mol. The number of ether oxygens (including phenoxy) is 1. The summed E-state index contributed by atoms with van der Waals surface area (Å²) in [5.41, 5.74) is 0.729. The molecule has 0 bridgehead atoms. The van der Waals surface area contributed by atoms with Crippen molar-refractivity contribution in [2.75, 3.05) is 19.7 Å². The highest BCUT2D eigenvalue weighted by molar-refractivity contribution is 5.91.